The summed E-state index contributed by atoms with van der Waals surface area (Å²) in [6.45, 7) is -0.420. The number of aromatic nitrogens is 3. The number of aliphatic hydroxyl groups excluding tert-OH is 3. The Morgan fingerprint density at radius 1 is 1.38 bits per heavy atom. The highest BCUT2D eigenvalue weighted by Gasteiger charge is 2.43. The van der Waals surface area contributed by atoms with Crippen molar-refractivity contribution in [1.29, 1.82) is 0 Å². The van der Waals surface area contributed by atoms with Crippen LogP contribution < -0.4 is 5.56 Å². The maximum Gasteiger partial charge on any atom is 0.249 e. The van der Waals surface area contributed by atoms with Gasteiger partial charge in [0.2, 0.25) is 10.3 Å². The number of nitrogens with zero attached hydrogens (tertiary/aromatic N) is 2. The van der Waals surface area contributed by atoms with Crippen molar-refractivity contribution in [2.24, 2.45) is 0 Å². The fraction of sp³-hybridized carbons (Fsp3) is 0.417. The predicted octanol–water partition coefficient (Wildman–Crippen LogP) is -0.934. The van der Waals surface area contributed by atoms with E-state index < -0.39 is 31.1 Å². The third kappa shape index (κ3) is 2.39. The first-order chi connectivity index (χ1) is 10.0. The third-order valence-electron chi connectivity index (χ3n) is 3.43. The number of hydrogen-bond acceptors (Lipinski definition) is 7. The van der Waals surface area contributed by atoms with Crippen molar-refractivity contribution < 1.29 is 20.1 Å². The second kappa shape index (κ2) is 5.28. The average Bonchev–Trinajstić information content (AvgIpc) is 2.74. The zero-order valence-corrected chi connectivity index (χ0v) is 11.5. The standard InChI is InChI=1S/C12H13N3O5S/c16-4-6-8(18)9(19)11(20-6)15-3-5-1-2-7(17)13-10(5)14-12(15)21/h1-3,6,8-9,11,16,18-19H,4H2,(H,13,14,17,21). The van der Waals surface area contributed by atoms with Crippen molar-refractivity contribution in [3.05, 3.63) is 33.5 Å². The van der Waals surface area contributed by atoms with Crippen molar-refractivity contribution in [2.45, 2.75) is 24.5 Å². The molecule has 1 aliphatic heterocycles. The Labute approximate surface area is 123 Å². The summed E-state index contributed by atoms with van der Waals surface area (Å²) >= 11 is 5.12. The molecule has 1 aliphatic rings. The van der Waals surface area contributed by atoms with Gasteiger partial charge >= 0.3 is 0 Å². The van der Waals surface area contributed by atoms with E-state index in [4.69, 9.17) is 22.1 Å². The Morgan fingerprint density at radius 2 is 2.14 bits per heavy atom. The summed E-state index contributed by atoms with van der Waals surface area (Å²) in [5.41, 5.74) is 0.0329. The molecule has 21 heavy (non-hydrogen) atoms. The van der Waals surface area contributed by atoms with Gasteiger partial charge in [0.05, 0.1) is 6.61 Å². The molecule has 112 valence electrons. The van der Waals surface area contributed by atoms with Crippen molar-refractivity contribution in [2.75, 3.05) is 6.61 Å². The van der Waals surface area contributed by atoms with Crippen LogP contribution in [-0.2, 0) is 4.74 Å². The molecule has 1 saturated heterocycles. The van der Waals surface area contributed by atoms with E-state index in [1.54, 1.807) is 12.3 Å². The Hall–Kier alpha value is -1.65. The van der Waals surface area contributed by atoms with Gasteiger partial charge in [-0.05, 0) is 18.3 Å². The topological polar surface area (TPSA) is 121 Å². The van der Waals surface area contributed by atoms with Gasteiger partial charge in [0, 0.05) is 17.6 Å². The summed E-state index contributed by atoms with van der Waals surface area (Å²) in [6, 6.07) is 2.91. The number of pyridine rings is 1. The van der Waals surface area contributed by atoms with E-state index in [2.05, 4.69) is 9.97 Å². The molecular formula is C12H13N3O5S. The highest BCUT2D eigenvalue weighted by atomic mass is 32.1. The summed E-state index contributed by atoms with van der Waals surface area (Å²) in [7, 11) is 0. The Morgan fingerprint density at radius 3 is 2.81 bits per heavy atom. The average molecular weight is 311 g/mol. The van der Waals surface area contributed by atoms with Gasteiger partial charge in [0.1, 0.15) is 24.0 Å². The highest BCUT2D eigenvalue weighted by molar-refractivity contribution is 7.71. The minimum Gasteiger partial charge on any atom is -0.394 e. The first kappa shape index (κ1) is 14.3. The molecule has 4 unspecified atom stereocenters. The number of H-pyrrole nitrogens is 1. The van der Waals surface area contributed by atoms with Gasteiger partial charge in [-0.3, -0.25) is 9.36 Å². The SMILES string of the molecule is O=c1ccc2cn(C3OC(CO)C(O)C3O)c(=S)nc2[nH]1. The van der Waals surface area contributed by atoms with Crippen LogP contribution in [0.1, 0.15) is 6.23 Å². The molecule has 2 aromatic rings. The van der Waals surface area contributed by atoms with Crippen molar-refractivity contribution >= 4 is 23.3 Å². The van der Waals surface area contributed by atoms with Crippen LogP contribution in [0, 0.1) is 4.77 Å². The minimum atomic E-state index is -1.24. The number of ether oxygens (including phenoxy) is 1. The van der Waals surface area contributed by atoms with Gasteiger partial charge in [-0.25, -0.2) is 4.98 Å². The Balaban J connectivity index is 2.09. The molecule has 8 nitrogen and oxygen atoms in total. The van der Waals surface area contributed by atoms with Gasteiger partial charge in [0.15, 0.2) is 6.23 Å². The van der Waals surface area contributed by atoms with Crippen LogP contribution in [0.4, 0.5) is 0 Å². The van der Waals surface area contributed by atoms with Crippen LogP contribution in [0.25, 0.3) is 11.0 Å². The van der Waals surface area contributed by atoms with Crippen LogP contribution >= 0.6 is 12.2 Å². The van der Waals surface area contributed by atoms with Gasteiger partial charge in [-0.15, -0.1) is 0 Å². The van der Waals surface area contributed by atoms with E-state index in [1.165, 1.54) is 10.6 Å². The van der Waals surface area contributed by atoms with Crippen molar-refractivity contribution in [3.63, 3.8) is 0 Å². The van der Waals surface area contributed by atoms with Gasteiger partial charge < -0.3 is 25.0 Å². The fourth-order valence-corrected chi connectivity index (χ4v) is 2.57. The van der Waals surface area contributed by atoms with Gasteiger partial charge in [-0.1, -0.05) is 0 Å². The molecule has 1 fully saturated rings. The number of aromatic amines is 1. The van der Waals surface area contributed by atoms with Crippen LogP contribution in [0.5, 0.6) is 0 Å². The van der Waals surface area contributed by atoms with E-state index in [0.29, 0.717) is 11.0 Å². The summed E-state index contributed by atoms with van der Waals surface area (Å²) in [4.78, 5) is 17.9. The maximum absolute atomic E-state index is 11.3. The van der Waals surface area contributed by atoms with Gasteiger partial charge in [-0.2, -0.15) is 0 Å². The first-order valence-electron chi connectivity index (χ1n) is 6.26. The zero-order chi connectivity index (χ0) is 15.1. The summed E-state index contributed by atoms with van der Waals surface area (Å²) in [5.74, 6) is 0. The lowest BCUT2D eigenvalue weighted by atomic mass is 10.1. The van der Waals surface area contributed by atoms with E-state index in [0.717, 1.165) is 0 Å². The quantitative estimate of drug-likeness (QED) is 0.529. The molecule has 0 amide bonds. The van der Waals surface area contributed by atoms with E-state index in [-0.39, 0.29) is 10.3 Å². The third-order valence-corrected chi connectivity index (χ3v) is 3.73. The molecule has 9 heteroatoms. The van der Waals surface area contributed by atoms with E-state index in [9.17, 15) is 15.0 Å². The fourth-order valence-electron chi connectivity index (χ4n) is 2.32. The summed E-state index contributed by atoms with van der Waals surface area (Å²) in [6.07, 6.45) is -2.73. The van der Waals surface area contributed by atoms with Crippen LogP contribution in [0.3, 0.4) is 0 Å². The number of hydrogen-bond donors (Lipinski definition) is 4. The Bertz CT molecular complexity index is 788. The lowest BCUT2D eigenvalue weighted by Gasteiger charge is -2.18. The molecule has 2 aromatic heterocycles. The largest absolute Gasteiger partial charge is 0.394 e. The number of nitrogens with one attached hydrogen (secondary N) is 1. The molecule has 0 bridgehead atoms. The molecule has 0 spiro atoms. The van der Waals surface area contributed by atoms with Crippen molar-refractivity contribution in [3.8, 4) is 0 Å². The normalized spacial score (nSPS) is 29.1. The monoisotopic (exact) mass is 311 g/mol. The molecule has 0 radical (unpaired) electrons. The minimum absolute atomic E-state index is 0.0826. The molecule has 0 saturated carbocycles. The lowest BCUT2D eigenvalue weighted by Crippen LogP contribution is -2.33. The van der Waals surface area contributed by atoms with Crippen LogP contribution in [-0.4, -0.2) is 54.8 Å². The smallest absolute Gasteiger partial charge is 0.249 e. The van der Waals surface area contributed by atoms with Crippen molar-refractivity contribution in [1.82, 2.24) is 14.5 Å². The highest BCUT2D eigenvalue weighted by Crippen LogP contribution is 2.29. The second-order valence-corrected chi connectivity index (χ2v) is 5.15. The maximum atomic E-state index is 11.3. The zero-order valence-electron chi connectivity index (χ0n) is 10.7. The van der Waals surface area contributed by atoms with Crippen LogP contribution in [0.2, 0.25) is 0 Å². The van der Waals surface area contributed by atoms with E-state index in [1.807, 2.05) is 0 Å². The first-order valence-corrected chi connectivity index (χ1v) is 6.67. The van der Waals surface area contributed by atoms with Gasteiger partial charge in [0.25, 0.3) is 0 Å². The molecule has 4 atom stereocenters. The van der Waals surface area contributed by atoms with E-state index >= 15 is 0 Å². The lowest BCUT2D eigenvalue weighted by molar-refractivity contribution is -0.0538. The summed E-state index contributed by atoms with van der Waals surface area (Å²) < 4.78 is 6.88. The number of aliphatic hydroxyl groups is 3. The second-order valence-electron chi connectivity index (χ2n) is 4.79. The molecule has 0 aliphatic carbocycles. The number of fused-ring (bicyclic) bond motifs is 1. The van der Waals surface area contributed by atoms with Crippen LogP contribution in [0.15, 0.2) is 23.1 Å². The Kier molecular flexibility index (Phi) is 3.59. The molecular weight excluding hydrogens is 298 g/mol. The molecule has 4 N–H and O–H groups in total. The summed E-state index contributed by atoms with van der Waals surface area (Å²) in [5, 5.41) is 29.5. The number of rotatable bonds is 2. The predicted molar refractivity (Wildman–Crippen MR) is 74.2 cm³/mol. The molecule has 0 aromatic carbocycles. The molecule has 3 heterocycles. The molecule has 3 rings (SSSR count).